The van der Waals surface area contributed by atoms with Crippen molar-refractivity contribution in [3.63, 3.8) is 0 Å². The maximum absolute atomic E-state index is 14.4. The van der Waals surface area contributed by atoms with Crippen LogP contribution in [0.25, 0.3) is 0 Å². The Hall–Kier alpha value is -2.53. The average molecular weight is 622 g/mol. The van der Waals surface area contributed by atoms with Gasteiger partial charge in [0, 0.05) is 39.0 Å². The minimum absolute atomic E-state index is 0.112. The standard InChI is InChI=1S/C33H60N6O5/c1-20(2)25(34)27(40)37(13)33(11,22(5)6)30(43)36(12)26(21(3)4)28(41)38-18-14-17-24(38)29(42)39(19-15-16-23(39)7)31(44)35-32(8,9)10/h20-26H,14-19,34H2,1-13H3/p+1/t23-,24+,25+,26+,33+,39?/m1/s1. The summed E-state index contributed by atoms with van der Waals surface area (Å²) >= 11 is 0. The third-order valence-electron chi connectivity index (χ3n) is 10.2. The molecule has 2 rings (SSSR count). The van der Waals surface area contributed by atoms with E-state index in [1.165, 1.54) is 9.80 Å². The Kier molecular flexibility index (Phi) is 11.9. The number of quaternary nitrogens is 1. The van der Waals surface area contributed by atoms with Gasteiger partial charge in [-0.2, -0.15) is 4.48 Å². The van der Waals surface area contributed by atoms with E-state index in [0.29, 0.717) is 25.9 Å². The number of rotatable bonds is 9. The highest BCUT2D eigenvalue weighted by Gasteiger charge is 2.58. The number of hydrogen-bond acceptors (Lipinski definition) is 6. The smallest absolute Gasteiger partial charge is 0.331 e. The van der Waals surface area contributed by atoms with Gasteiger partial charge in [0.2, 0.25) is 17.7 Å². The molecule has 2 saturated heterocycles. The first-order valence-electron chi connectivity index (χ1n) is 16.4. The van der Waals surface area contributed by atoms with E-state index in [-0.39, 0.29) is 57.9 Å². The highest BCUT2D eigenvalue weighted by molar-refractivity contribution is 5.97. The third-order valence-corrected chi connectivity index (χ3v) is 10.2. The summed E-state index contributed by atoms with van der Waals surface area (Å²) in [6.07, 6.45) is 2.60. The van der Waals surface area contributed by atoms with Crippen molar-refractivity contribution in [3.8, 4) is 0 Å². The second-order valence-corrected chi connectivity index (χ2v) is 15.4. The van der Waals surface area contributed by atoms with Crippen molar-refractivity contribution < 1.29 is 28.5 Å². The molecule has 0 aromatic carbocycles. The molecule has 2 fully saturated rings. The summed E-state index contributed by atoms with van der Waals surface area (Å²) in [7, 11) is 3.20. The van der Waals surface area contributed by atoms with Gasteiger partial charge in [0.15, 0.2) is 0 Å². The van der Waals surface area contributed by atoms with E-state index >= 15 is 0 Å². The van der Waals surface area contributed by atoms with Crippen molar-refractivity contribution in [2.24, 2.45) is 23.5 Å². The summed E-state index contributed by atoms with van der Waals surface area (Å²) in [5.41, 5.74) is 4.42. The lowest BCUT2D eigenvalue weighted by Crippen LogP contribution is -2.69. The normalized spacial score (nSPS) is 25.2. The zero-order valence-electron chi connectivity index (χ0n) is 29.7. The predicted molar refractivity (Wildman–Crippen MR) is 172 cm³/mol. The quantitative estimate of drug-likeness (QED) is 0.380. The summed E-state index contributed by atoms with van der Waals surface area (Å²) in [6.45, 7) is 21.3. The first-order valence-corrected chi connectivity index (χ1v) is 16.4. The van der Waals surface area contributed by atoms with Gasteiger partial charge in [0.05, 0.1) is 12.6 Å². The van der Waals surface area contributed by atoms with Gasteiger partial charge in [-0.25, -0.2) is 9.59 Å². The maximum atomic E-state index is 14.4. The Morgan fingerprint density at radius 1 is 0.909 bits per heavy atom. The molecule has 0 saturated carbocycles. The van der Waals surface area contributed by atoms with Gasteiger partial charge in [-0.3, -0.25) is 14.4 Å². The molecule has 44 heavy (non-hydrogen) atoms. The van der Waals surface area contributed by atoms with Gasteiger partial charge in [-0.15, -0.1) is 0 Å². The second kappa shape index (κ2) is 13.8. The Balaban J connectivity index is 2.47. The van der Waals surface area contributed by atoms with Crippen LogP contribution in [0.3, 0.4) is 0 Å². The summed E-state index contributed by atoms with van der Waals surface area (Å²) in [5.74, 6) is -1.93. The van der Waals surface area contributed by atoms with Crippen LogP contribution in [0.2, 0.25) is 0 Å². The minimum atomic E-state index is -1.27. The molecule has 0 aromatic heterocycles. The molecular weight excluding hydrogens is 560 g/mol. The third kappa shape index (κ3) is 6.98. The molecule has 252 valence electrons. The number of likely N-dealkylation sites (N-methyl/N-ethyl adjacent to an activating group) is 2. The number of carbonyl (C=O) groups excluding carboxylic acids is 5. The van der Waals surface area contributed by atoms with E-state index < -0.39 is 29.2 Å². The average Bonchev–Trinajstić information content (AvgIpc) is 3.56. The lowest BCUT2D eigenvalue weighted by molar-refractivity contribution is -0.786. The molecule has 2 aliphatic heterocycles. The van der Waals surface area contributed by atoms with Crippen molar-refractivity contribution in [2.75, 3.05) is 27.2 Å². The van der Waals surface area contributed by atoms with E-state index in [1.54, 1.807) is 25.9 Å². The van der Waals surface area contributed by atoms with Crippen LogP contribution in [0, 0.1) is 17.8 Å². The zero-order valence-corrected chi connectivity index (χ0v) is 29.7. The minimum Gasteiger partial charge on any atom is -0.331 e. The van der Waals surface area contributed by atoms with Crippen LogP contribution in [0.1, 0.15) is 102 Å². The van der Waals surface area contributed by atoms with Gasteiger partial charge in [-0.1, -0.05) is 41.5 Å². The summed E-state index contributed by atoms with van der Waals surface area (Å²) < 4.78 is -0.318. The molecule has 6 atom stereocenters. The summed E-state index contributed by atoms with van der Waals surface area (Å²) in [4.78, 5) is 74.7. The molecule has 0 radical (unpaired) electrons. The number of nitrogens with one attached hydrogen (secondary N) is 1. The van der Waals surface area contributed by atoms with E-state index in [2.05, 4.69) is 5.32 Å². The first kappa shape index (κ1) is 37.7. The molecule has 2 heterocycles. The van der Waals surface area contributed by atoms with Crippen LogP contribution in [0.4, 0.5) is 4.79 Å². The van der Waals surface area contributed by atoms with Crippen LogP contribution in [0.15, 0.2) is 0 Å². The van der Waals surface area contributed by atoms with Crippen molar-refractivity contribution in [1.82, 2.24) is 20.0 Å². The van der Waals surface area contributed by atoms with Crippen LogP contribution in [-0.2, 0) is 19.2 Å². The highest BCUT2D eigenvalue weighted by atomic mass is 16.2. The SMILES string of the molecule is CC(C)[C@H](N)C(=O)N(C)[C@](C)(C(=O)N(C)[C@H](C(=O)N1CCC[C@H]1C(=O)[N+]1(C(=O)NC(C)(C)C)CCC[C@H]1C)C(C)C)C(C)C. The van der Waals surface area contributed by atoms with Crippen LogP contribution in [0.5, 0.6) is 0 Å². The molecule has 0 aliphatic carbocycles. The van der Waals surface area contributed by atoms with Crippen LogP contribution < -0.4 is 11.1 Å². The van der Waals surface area contributed by atoms with Crippen LogP contribution >= 0.6 is 0 Å². The molecule has 6 amide bonds. The molecule has 0 aromatic rings. The maximum Gasteiger partial charge on any atom is 0.424 e. The number of nitrogens with zero attached hydrogens (tertiary/aromatic N) is 4. The number of hydrogen-bond donors (Lipinski definition) is 2. The number of likely N-dealkylation sites (tertiary alicyclic amines) is 2. The van der Waals surface area contributed by atoms with E-state index in [1.807, 2.05) is 69.2 Å². The number of carbonyl (C=O) groups is 5. The van der Waals surface area contributed by atoms with E-state index in [0.717, 1.165) is 12.8 Å². The highest BCUT2D eigenvalue weighted by Crippen LogP contribution is 2.35. The fourth-order valence-electron chi connectivity index (χ4n) is 6.85. The van der Waals surface area contributed by atoms with Crippen molar-refractivity contribution in [3.05, 3.63) is 0 Å². The lowest BCUT2D eigenvalue weighted by atomic mass is 9.83. The van der Waals surface area contributed by atoms with Crippen LogP contribution in [-0.4, -0.2) is 111 Å². The fraction of sp³-hybridized carbons (Fsp3) is 0.848. The zero-order chi connectivity index (χ0) is 34.1. The van der Waals surface area contributed by atoms with Gasteiger partial charge in [-0.05, 0) is 65.2 Å². The molecule has 3 N–H and O–H groups in total. The lowest BCUT2D eigenvalue weighted by Gasteiger charge is -2.46. The number of imide groups is 1. The fourth-order valence-corrected chi connectivity index (χ4v) is 6.85. The number of nitrogens with two attached hydrogens (primary N) is 1. The largest absolute Gasteiger partial charge is 0.424 e. The molecule has 11 nitrogen and oxygen atoms in total. The van der Waals surface area contributed by atoms with Crippen molar-refractivity contribution >= 4 is 29.7 Å². The number of amides is 6. The molecule has 2 aliphatic rings. The topological polar surface area (TPSA) is 133 Å². The predicted octanol–water partition coefficient (Wildman–Crippen LogP) is 3.35. The Labute approximate surface area is 265 Å². The Bertz CT molecular complexity index is 1100. The first-order chi connectivity index (χ1) is 20.1. The monoisotopic (exact) mass is 621 g/mol. The summed E-state index contributed by atoms with van der Waals surface area (Å²) in [6, 6.07) is -2.93. The summed E-state index contributed by atoms with van der Waals surface area (Å²) in [5, 5.41) is 3.03. The van der Waals surface area contributed by atoms with Gasteiger partial charge < -0.3 is 25.8 Å². The molecule has 0 bridgehead atoms. The van der Waals surface area contributed by atoms with Gasteiger partial charge in [0.25, 0.3) is 0 Å². The molecule has 0 spiro atoms. The van der Waals surface area contributed by atoms with E-state index in [4.69, 9.17) is 5.73 Å². The Morgan fingerprint density at radius 2 is 1.48 bits per heavy atom. The molecule has 1 unspecified atom stereocenters. The van der Waals surface area contributed by atoms with Crippen molar-refractivity contribution in [2.45, 2.75) is 137 Å². The van der Waals surface area contributed by atoms with E-state index in [9.17, 15) is 24.0 Å². The molecular formula is C33H61N6O5+. The van der Waals surface area contributed by atoms with Gasteiger partial charge in [0.1, 0.15) is 23.7 Å². The van der Waals surface area contributed by atoms with Crippen molar-refractivity contribution in [1.29, 1.82) is 0 Å². The van der Waals surface area contributed by atoms with Gasteiger partial charge >= 0.3 is 11.9 Å². The number of urea groups is 1. The second-order valence-electron chi connectivity index (χ2n) is 15.4. The molecule has 11 heteroatoms. The Morgan fingerprint density at radius 3 is 1.91 bits per heavy atom.